The molecule has 0 spiro atoms. The minimum Gasteiger partial charge on any atom is -0.390 e. The first-order valence-electron chi connectivity index (χ1n) is 3.26. The molecule has 3 nitrogen and oxygen atoms in total. The van der Waals surface area contributed by atoms with Crippen molar-refractivity contribution in [3.63, 3.8) is 0 Å². The third-order valence-corrected chi connectivity index (χ3v) is 1.68. The van der Waals surface area contributed by atoms with Crippen molar-refractivity contribution in [2.75, 3.05) is 0 Å². The lowest BCUT2D eigenvalue weighted by Gasteiger charge is -2.12. The average molecular weight is 132 g/mol. The fourth-order valence-corrected chi connectivity index (χ4v) is 1.14. The van der Waals surface area contributed by atoms with Crippen LogP contribution in [0.15, 0.2) is 0 Å². The highest BCUT2D eigenvalue weighted by Crippen LogP contribution is 2.27. The maximum atomic E-state index is 9.19. The molecule has 0 aromatic heterocycles. The van der Waals surface area contributed by atoms with E-state index in [1.165, 1.54) is 12.8 Å². The summed E-state index contributed by atoms with van der Waals surface area (Å²) in [5.41, 5.74) is -0.306. The van der Waals surface area contributed by atoms with Gasteiger partial charge in [0.25, 0.3) is 0 Å². The van der Waals surface area contributed by atoms with E-state index in [-0.39, 0.29) is 5.60 Å². The van der Waals surface area contributed by atoms with Gasteiger partial charge in [0.2, 0.25) is 0 Å². The highest BCUT2D eigenvalue weighted by Gasteiger charge is 2.24. The molecule has 0 aromatic carbocycles. The van der Waals surface area contributed by atoms with Gasteiger partial charge in [0.1, 0.15) is 0 Å². The lowest BCUT2D eigenvalue weighted by atomic mass is 10.1. The molecule has 0 bridgehead atoms. The van der Waals surface area contributed by atoms with Crippen molar-refractivity contribution >= 4 is 0 Å². The van der Waals surface area contributed by atoms with Gasteiger partial charge in [0.15, 0.2) is 0 Å². The molecule has 0 saturated heterocycles. The molecule has 1 fully saturated rings. The third-order valence-electron chi connectivity index (χ3n) is 1.68. The van der Waals surface area contributed by atoms with E-state index in [2.05, 4.69) is 11.7 Å². The second-order valence-electron chi connectivity index (χ2n) is 2.70. The zero-order chi connectivity index (χ0) is 7.33. The highest BCUT2D eigenvalue weighted by molar-refractivity contribution is 4.78. The van der Waals surface area contributed by atoms with Gasteiger partial charge in [-0.05, 0) is 19.8 Å². The SMILES string of the molecule is CC1(O)CCCC1.NN. The fraction of sp³-hybridized carbons (Fsp3) is 1.00. The number of rotatable bonds is 0. The third kappa shape index (κ3) is 3.46. The summed E-state index contributed by atoms with van der Waals surface area (Å²) in [5, 5.41) is 9.19. The van der Waals surface area contributed by atoms with E-state index in [9.17, 15) is 5.11 Å². The molecule has 1 aliphatic rings. The number of hydrogen-bond donors (Lipinski definition) is 3. The van der Waals surface area contributed by atoms with E-state index in [1.54, 1.807) is 0 Å². The number of hydrogen-bond acceptors (Lipinski definition) is 3. The van der Waals surface area contributed by atoms with E-state index >= 15 is 0 Å². The van der Waals surface area contributed by atoms with Gasteiger partial charge >= 0.3 is 0 Å². The van der Waals surface area contributed by atoms with Gasteiger partial charge in [-0.2, -0.15) is 0 Å². The maximum absolute atomic E-state index is 9.19. The molecule has 3 heteroatoms. The predicted molar refractivity (Wildman–Crippen MR) is 37.5 cm³/mol. The van der Waals surface area contributed by atoms with Crippen LogP contribution in [0.1, 0.15) is 32.6 Å². The highest BCUT2D eigenvalue weighted by atomic mass is 16.3. The summed E-state index contributed by atoms with van der Waals surface area (Å²) in [7, 11) is 0. The number of nitrogens with two attached hydrogens (primary N) is 2. The minimum absolute atomic E-state index is 0.306. The van der Waals surface area contributed by atoms with Gasteiger partial charge in [-0.3, -0.25) is 11.7 Å². The summed E-state index contributed by atoms with van der Waals surface area (Å²) < 4.78 is 0. The number of hydrazine groups is 1. The second kappa shape index (κ2) is 3.82. The Morgan fingerprint density at radius 1 is 1.22 bits per heavy atom. The van der Waals surface area contributed by atoms with Crippen molar-refractivity contribution in [3.05, 3.63) is 0 Å². The topological polar surface area (TPSA) is 72.3 Å². The lowest BCUT2D eigenvalue weighted by Crippen LogP contribution is -2.17. The molecule has 0 aromatic rings. The molecule has 0 unspecified atom stereocenters. The molecular weight excluding hydrogens is 116 g/mol. The van der Waals surface area contributed by atoms with E-state index in [4.69, 9.17) is 0 Å². The molecule has 5 N–H and O–H groups in total. The van der Waals surface area contributed by atoms with E-state index in [0.29, 0.717) is 0 Å². The van der Waals surface area contributed by atoms with Crippen LogP contribution in [0.4, 0.5) is 0 Å². The monoisotopic (exact) mass is 132 g/mol. The van der Waals surface area contributed by atoms with Gasteiger partial charge in [-0.25, -0.2) is 0 Å². The van der Waals surface area contributed by atoms with Crippen molar-refractivity contribution < 1.29 is 5.11 Å². The standard InChI is InChI=1S/C6H12O.H4N2/c1-6(7)4-2-3-5-6;1-2/h7H,2-5H2,1H3;1-2H2. The first-order chi connectivity index (χ1) is 4.21. The largest absolute Gasteiger partial charge is 0.390 e. The van der Waals surface area contributed by atoms with E-state index in [0.717, 1.165) is 12.8 Å². The Balaban J connectivity index is 0.000000291. The van der Waals surface area contributed by atoms with Gasteiger partial charge in [0, 0.05) is 0 Å². The smallest absolute Gasteiger partial charge is 0.0619 e. The van der Waals surface area contributed by atoms with Gasteiger partial charge < -0.3 is 5.11 Å². The molecule has 0 radical (unpaired) electrons. The summed E-state index contributed by atoms with van der Waals surface area (Å²) in [4.78, 5) is 0. The van der Waals surface area contributed by atoms with Gasteiger partial charge in [-0.1, -0.05) is 12.8 Å². The Kier molecular flexibility index (Phi) is 3.77. The normalized spacial score (nSPS) is 22.7. The van der Waals surface area contributed by atoms with Gasteiger partial charge in [-0.15, -0.1) is 0 Å². The first-order valence-corrected chi connectivity index (χ1v) is 3.26. The molecule has 0 amide bonds. The van der Waals surface area contributed by atoms with Crippen molar-refractivity contribution in [3.8, 4) is 0 Å². The van der Waals surface area contributed by atoms with Crippen LogP contribution < -0.4 is 11.7 Å². The second-order valence-corrected chi connectivity index (χ2v) is 2.70. The molecule has 9 heavy (non-hydrogen) atoms. The average Bonchev–Trinajstić information content (AvgIpc) is 2.19. The van der Waals surface area contributed by atoms with Crippen LogP contribution in [0.25, 0.3) is 0 Å². The van der Waals surface area contributed by atoms with Crippen LogP contribution in [-0.2, 0) is 0 Å². The molecule has 0 aliphatic heterocycles. The molecule has 1 saturated carbocycles. The zero-order valence-electron chi connectivity index (χ0n) is 5.93. The molecular formula is C6H16N2O. The molecule has 1 rings (SSSR count). The fourth-order valence-electron chi connectivity index (χ4n) is 1.14. The molecule has 0 atom stereocenters. The molecule has 56 valence electrons. The Hall–Kier alpha value is -0.120. The Bertz CT molecular complexity index is 65.5. The van der Waals surface area contributed by atoms with E-state index < -0.39 is 0 Å². The van der Waals surface area contributed by atoms with Crippen molar-refractivity contribution in [2.45, 2.75) is 38.2 Å². The first kappa shape index (κ1) is 8.88. The summed E-state index contributed by atoms with van der Waals surface area (Å²) in [6, 6.07) is 0. The van der Waals surface area contributed by atoms with Crippen molar-refractivity contribution in [1.82, 2.24) is 0 Å². The van der Waals surface area contributed by atoms with Crippen LogP contribution in [-0.4, -0.2) is 10.7 Å². The summed E-state index contributed by atoms with van der Waals surface area (Å²) in [6.45, 7) is 1.92. The summed E-state index contributed by atoms with van der Waals surface area (Å²) in [5.74, 6) is 8.00. The van der Waals surface area contributed by atoms with Crippen molar-refractivity contribution in [2.24, 2.45) is 11.7 Å². The van der Waals surface area contributed by atoms with Crippen LogP contribution >= 0.6 is 0 Å². The van der Waals surface area contributed by atoms with Gasteiger partial charge in [0.05, 0.1) is 5.60 Å². The van der Waals surface area contributed by atoms with Crippen LogP contribution in [0, 0.1) is 0 Å². The summed E-state index contributed by atoms with van der Waals surface area (Å²) >= 11 is 0. The Morgan fingerprint density at radius 3 is 1.67 bits per heavy atom. The molecule has 0 heterocycles. The predicted octanol–water partition coefficient (Wildman–Crippen LogP) is 0.130. The van der Waals surface area contributed by atoms with E-state index in [1.807, 2.05) is 6.92 Å². The lowest BCUT2D eigenvalue weighted by molar-refractivity contribution is 0.0681. The summed E-state index contributed by atoms with van der Waals surface area (Å²) in [6.07, 6.45) is 4.44. The zero-order valence-corrected chi connectivity index (χ0v) is 5.93. The molecule has 1 aliphatic carbocycles. The Morgan fingerprint density at radius 2 is 1.56 bits per heavy atom. The maximum Gasteiger partial charge on any atom is 0.0619 e. The van der Waals surface area contributed by atoms with Crippen molar-refractivity contribution in [1.29, 1.82) is 0 Å². The minimum atomic E-state index is -0.306. The van der Waals surface area contributed by atoms with Crippen LogP contribution in [0.2, 0.25) is 0 Å². The van der Waals surface area contributed by atoms with Crippen LogP contribution in [0.5, 0.6) is 0 Å². The quantitative estimate of drug-likeness (QED) is 0.324. The Labute approximate surface area is 56.0 Å². The van der Waals surface area contributed by atoms with Crippen LogP contribution in [0.3, 0.4) is 0 Å². The number of aliphatic hydroxyl groups is 1.